The maximum absolute atomic E-state index is 12.0. The minimum Gasteiger partial charge on any atom is -0.309 e. The number of aryl methyl sites for hydroxylation is 2. The van der Waals surface area contributed by atoms with Crippen molar-refractivity contribution < 1.29 is 4.79 Å². The lowest BCUT2D eigenvalue weighted by molar-refractivity contribution is -0.115. The molecule has 3 nitrogen and oxygen atoms in total. The van der Waals surface area contributed by atoms with Crippen molar-refractivity contribution in [3.8, 4) is 0 Å². The van der Waals surface area contributed by atoms with Crippen LogP contribution in [0.25, 0.3) is 0 Å². The Hall–Kier alpha value is -1.87. The maximum Gasteiger partial charge on any atom is 0.229 e. The molecule has 0 aliphatic heterocycles. The van der Waals surface area contributed by atoms with E-state index in [0.717, 1.165) is 16.7 Å². The molecule has 1 aromatic carbocycles. The first-order valence-corrected chi connectivity index (χ1v) is 6.40. The first-order chi connectivity index (χ1) is 9.06. The third-order valence-corrected chi connectivity index (χ3v) is 3.18. The molecule has 1 heterocycles. The summed E-state index contributed by atoms with van der Waals surface area (Å²) in [5.41, 5.74) is 3.27. The van der Waals surface area contributed by atoms with Crippen molar-refractivity contribution in [3.63, 3.8) is 0 Å². The highest BCUT2D eigenvalue weighted by molar-refractivity contribution is 6.33. The van der Waals surface area contributed by atoms with E-state index < -0.39 is 0 Å². The molecule has 19 heavy (non-hydrogen) atoms. The van der Waals surface area contributed by atoms with Crippen LogP contribution in [0.15, 0.2) is 36.5 Å². The molecule has 1 N–H and O–H groups in total. The summed E-state index contributed by atoms with van der Waals surface area (Å²) in [6, 6.07) is 9.50. The van der Waals surface area contributed by atoms with Gasteiger partial charge in [0.25, 0.3) is 0 Å². The Labute approximate surface area is 117 Å². The summed E-state index contributed by atoms with van der Waals surface area (Å²) in [7, 11) is 0. The third-order valence-electron chi connectivity index (χ3n) is 2.87. The van der Waals surface area contributed by atoms with Crippen LogP contribution in [0, 0.1) is 13.8 Å². The van der Waals surface area contributed by atoms with Gasteiger partial charge >= 0.3 is 0 Å². The number of pyridine rings is 1. The van der Waals surface area contributed by atoms with Gasteiger partial charge in [-0.15, -0.1) is 0 Å². The second kappa shape index (κ2) is 5.85. The fourth-order valence-electron chi connectivity index (χ4n) is 1.82. The zero-order valence-electron chi connectivity index (χ0n) is 10.9. The van der Waals surface area contributed by atoms with Gasteiger partial charge in [0, 0.05) is 6.20 Å². The lowest BCUT2D eigenvalue weighted by Crippen LogP contribution is -2.16. The van der Waals surface area contributed by atoms with Gasteiger partial charge in [0.2, 0.25) is 5.91 Å². The van der Waals surface area contributed by atoms with Gasteiger partial charge in [-0.1, -0.05) is 35.4 Å². The number of rotatable bonds is 3. The SMILES string of the molecule is Cc1ccc(C)c(CC(=O)Nc2ncccc2Cl)c1. The van der Waals surface area contributed by atoms with Crippen molar-refractivity contribution in [2.45, 2.75) is 20.3 Å². The third kappa shape index (κ3) is 3.55. The summed E-state index contributed by atoms with van der Waals surface area (Å²) in [6.45, 7) is 4.01. The number of nitrogens with one attached hydrogen (secondary N) is 1. The molecule has 98 valence electrons. The van der Waals surface area contributed by atoms with Crippen molar-refractivity contribution in [1.29, 1.82) is 0 Å². The summed E-state index contributed by atoms with van der Waals surface area (Å²) < 4.78 is 0. The number of hydrogen-bond donors (Lipinski definition) is 1. The predicted octanol–water partition coefficient (Wildman–Crippen LogP) is 3.53. The second-order valence-corrected chi connectivity index (χ2v) is 4.90. The minimum atomic E-state index is -0.116. The van der Waals surface area contributed by atoms with Crippen molar-refractivity contribution in [2.24, 2.45) is 0 Å². The maximum atomic E-state index is 12.0. The highest BCUT2D eigenvalue weighted by Gasteiger charge is 2.09. The number of halogens is 1. The topological polar surface area (TPSA) is 42.0 Å². The number of anilines is 1. The smallest absolute Gasteiger partial charge is 0.229 e. The molecular formula is C15H15ClN2O. The molecule has 0 fully saturated rings. The van der Waals surface area contributed by atoms with Crippen LogP contribution >= 0.6 is 11.6 Å². The minimum absolute atomic E-state index is 0.116. The summed E-state index contributed by atoms with van der Waals surface area (Å²) in [4.78, 5) is 16.0. The largest absolute Gasteiger partial charge is 0.309 e. The number of nitrogens with zero attached hydrogens (tertiary/aromatic N) is 1. The number of amides is 1. The first-order valence-electron chi connectivity index (χ1n) is 6.03. The van der Waals surface area contributed by atoms with Crippen LogP contribution in [0.5, 0.6) is 0 Å². The van der Waals surface area contributed by atoms with Crippen LogP contribution in [0.1, 0.15) is 16.7 Å². The molecule has 0 radical (unpaired) electrons. The standard InChI is InChI=1S/C15H15ClN2O/c1-10-5-6-11(2)12(8-10)9-14(19)18-15-13(16)4-3-7-17-15/h3-8H,9H2,1-2H3,(H,17,18,19). The van der Waals surface area contributed by atoms with Crippen LogP contribution in [-0.4, -0.2) is 10.9 Å². The summed E-state index contributed by atoms with van der Waals surface area (Å²) in [6.07, 6.45) is 1.92. The van der Waals surface area contributed by atoms with E-state index in [0.29, 0.717) is 17.3 Å². The van der Waals surface area contributed by atoms with Gasteiger partial charge in [0.05, 0.1) is 11.4 Å². The summed E-state index contributed by atoms with van der Waals surface area (Å²) >= 11 is 5.95. The molecule has 1 amide bonds. The molecule has 0 bridgehead atoms. The predicted molar refractivity (Wildman–Crippen MR) is 77.5 cm³/mol. The molecule has 1 aromatic heterocycles. The van der Waals surface area contributed by atoms with E-state index >= 15 is 0 Å². The van der Waals surface area contributed by atoms with Crippen molar-refractivity contribution in [3.05, 3.63) is 58.2 Å². The molecule has 0 aliphatic carbocycles. The molecule has 0 unspecified atom stereocenters. The number of hydrogen-bond acceptors (Lipinski definition) is 2. The Kier molecular flexibility index (Phi) is 4.17. The van der Waals surface area contributed by atoms with Crippen LogP contribution in [0.4, 0.5) is 5.82 Å². The molecule has 0 saturated heterocycles. The van der Waals surface area contributed by atoms with Crippen molar-refractivity contribution >= 4 is 23.3 Å². The van der Waals surface area contributed by atoms with E-state index in [1.807, 2.05) is 32.0 Å². The average Bonchev–Trinajstić information content (AvgIpc) is 2.37. The quantitative estimate of drug-likeness (QED) is 0.930. The Morgan fingerprint density at radius 3 is 2.84 bits per heavy atom. The fraction of sp³-hybridized carbons (Fsp3) is 0.200. The van der Waals surface area contributed by atoms with Crippen LogP contribution in [-0.2, 0) is 11.2 Å². The monoisotopic (exact) mass is 274 g/mol. The molecule has 2 aromatic rings. The lowest BCUT2D eigenvalue weighted by Gasteiger charge is -2.08. The highest BCUT2D eigenvalue weighted by Crippen LogP contribution is 2.18. The van der Waals surface area contributed by atoms with Gasteiger partial charge in [0.15, 0.2) is 5.82 Å². The van der Waals surface area contributed by atoms with Gasteiger partial charge in [-0.25, -0.2) is 4.98 Å². The first kappa shape index (κ1) is 13.6. The lowest BCUT2D eigenvalue weighted by atomic mass is 10.0. The molecule has 0 atom stereocenters. The van der Waals surface area contributed by atoms with Crippen molar-refractivity contribution in [2.75, 3.05) is 5.32 Å². The number of carbonyl (C=O) groups is 1. The normalized spacial score (nSPS) is 10.3. The Balaban J connectivity index is 2.10. The molecule has 4 heteroatoms. The average molecular weight is 275 g/mol. The summed E-state index contributed by atoms with van der Waals surface area (Å²) in [5, 5.41) is 3.16. The van der Waals surface area contributed by atoms with E-state index in [-0.39, 0.29) is 5.91 Å². The van der Waals surface area contributed by atoms with Gasteiger partial charge in [-0.2, -0.15) is 0 Å². The molecular weight excluding hydrogens is 260 g/mol. The zero-order chi connectivity index (χ0) is 13.8. The van der Waals surface area contributed by atoms with Crippen LogP contribution in [0.3, 0.4) is 0 Å². The zero-order valence-corrected chi connectivity index (χ0v) is 11.7. The Morgan fingerprint density at radius 1 is 1.32 bits per heavy atom. The van der Waals surface area contributed by atoms with E-state index in [2.05, 4.69) is 10.3 Å². The number of benzene rings is 1. The van der Waals surface area contributed by atoms with Crippen molar-refractivity contribution in [1.82, 2.24) is 4.98 Å². The molecule has 2 rings (SSSR count). The van der Waals surface area contributed by atoms with E-state index in [9.17, 15) is 4.79 Å². The van der Waals surface area contributed by atoms with Gasteiger partial charge in [-0.3, -0.25) is 4.79 Å². The van der Waals surface area contributed by atoms with Gasteiger partial charge in [0.1, 0.15) is 0 Å². The fourth-order valence-corrected chi connectivity index (χ4v) is 1.99. The Bertz CT molecular complexity index is 611. The summed E-state index contributed by atoms with van der Waals surface area (Å²) in [5.74, 6) is 0.286. The van der Waals surface area contributed by atoms with E-state index in [4.69, 9.17) is 11.6 Å². The second-order valence-electron chi connectivity index (χ2n) is 4.49. The van der Waals surface area contributed by atoms with E-state index in [1.54, 1.807) is 18.3 Å². The van der Waals surface area contributed by atoms with Crippen LogP contribution < -0.4 is 5.32 Å². The van der Waals surface area contributed by atoms with Gasteiger partial charge in [-0.05, 0) is 37.1 Å². The number of carbonyl (C=O) groups excluding carboxylic acids is 1. The van der Waals surface area contributed by atoms with Gasteiger partial charge < -0.3 is 5.32 Å². The Morgan fingerprint density at radius 2 is 2.11 bits per heavy atom. The molecule has 0 spiro atoms. The van der Waals surface area contributed by atoms with Crippen LogP contribution in [0.2, 0.25) is 5.02 Å². The molecule has 0 saturated carbocycles. The molecule has 0 aliphatic rings. The highest BCUT2D eigenvalue weighted by atomic mass is 35.5. The number of aromatic nitrogens is 1. The van der Waals surface area contributed by atoms with E-state index in [1.165, 1.54) is 0 Å².